The molecule has 0 bridgehead atoms. The van der Waals surface area contributed by atoms with E-state index >= 15 is 0 Å². The molecule has 1 atom stereocenters. The van der Waals surface area contributed by atoms with Crippen LogP contribution in [0.1, 0.15) is 24.4 Å². The number of fused-ring (bicyclic) bond motifs is 1. The summed E-state index contributed by atoms with van der Waals surface area (Å²) >= 11 is 1.17. The van der Waals surface area contributed by atoms with Gasteiger partial charge in [0, 0.05) is 18.9 Å². The minimum absolute atomic E-state index is 0.0958. The highest BCUT2D eigenvalue weighted by Crippen LogP contribution is 2.33. The van der Waals surface area contributed by atoms with Crippen molar-refractivity contribution in [3.63, 3.8) is 0 Å². The summed E-state index contributed by atoms with van der Waals surface area (Å²) in [6.45, 7) is 7.19. The second-order valence-corrected chi connectivity index (χ2v) is 8.60. The van der Waals surface area contributed by atoms with Crippen LogP contribution in [-0.4, -0.2) is 31.7 Å². The average Bonchev–Trinajstić information content (AvgIpc) is 3.36. The molecule has 0 radical (unpaired) electrons. The molecule has 0 aliphatic heterocycles. The minimum atomic E-state index is -0.597. The van der Waals surface area contributed by atoms with Gasteiger partial charge in [0.05, 0.1) is 16.5 Å². The minimum Gasteiger partial charge on any atom is -0.451 e. The zero-order chi connectivity index (χ0) is 23.5. The van der Waals surface area contributed by atoms with Crippen LogP contribution in [0.3, 0.4) is 0 Å². The molecule has 1 amide bonds. The van der Waals surface area contributed by atoms with Crippen LogP contribution in [-0.2, 0) is 11.3 Å². The van der Waals surface area contributed by atoms with Gasteiger partial charge in [0.1, 0.15) is 11.4 Å². The lowest BCUT2D eigenvalue weighted by Crippen LogP contribution is -2.23. The molecule has 33 heavy (non-hydrogen) atoms. The summed E-state index contributed by atoms with van der Waals surface area (Å²) < 4.78 is 21.7. The zero-order valence-corrected chi connectivity index (χ0v) is 18.9. The molecule has 0 saturated carbocycles. The Kier molecular flexibility index (Phi) is 6.41. The summed E-state index contributed by atoms with van der Waals surface area (Å²) in [6.07, 6.45) is 1.65. The third-order valence-electron chi connectivity index (χ3n) is 4.96. The number of furan rings is 1. The maximum absolute atomic E-state index is 14.3. The number of allylic oxidation sites excluding steroid dienone is 1. The average molecular weight is 465 g/mol. The standard InChI is InChI=1S/C24H21FN4O3S/c1-4-13-29-22(16-9-5-7-11-18(16)25)27-28-24(29)33-15(3)23(31)26-20-17-10-6-8-12-19(17)32-21(20)14(2)30/h4-12,15H,1,13H2,2-3H3,(H,26,31). The quantitative estimate of drug-likeness (QED) is 0.215. The largest absolute Gasteiger partial charge is 0.451 e. The number of nitrogens with one attached hydrogen (secondary N) is 1. The number of para-hydroxylation sites is 1. The van der Waals surface area contributed by atoms with E-state index in [0.29, 0.717) is 39.7 Å². The summed E-state index contributed by atoms with van der Waals surface area (Å²) in [5.41, 5.74) is 1.17. The molecule has 4 aromatic rings. The maximum atomic E-state index is 14.3. The van der Waals surface area contributed by atoms with E-state index in [0.717, 1.165) is 0 Å². The van der Waals surface area contributed by atoms with Crippen molar-refractivity contribution in [1.82, 2.24) is 14.8 Å². The number of anilines is 1. The fraction of sp³-hybridized carbons (Fsp3) is 0.167. The number of carbonyl (C=O) groups excluding carboxylic acids is 2. The zero-order valence-electron chi connectivity index (χ0n) is 18.0. The molecule has 0 saturated heterocycles. The van der Waals surface area contributed by atoms with Crippen molar-refractivity contribution in [1.29, 1.82) is 0 Å². The third kappa shape index (κ3) is 4.45. The Morgan fingerprint density at radius 1 is 1.21 bits per heavy atom. The molecule has 9 heteroatoms. The Balaban J connectivity index is 1.60. The summed E-state index contributed by atoms with van der Waals surface area (Å²) in [7, 11) is 0. The predicted molar refractivity (Wildman–Crippen MR) is 126 cm³/mol. The number of ketones is 1. The first-order valence-corrected chi connectivity index (χ1v) is 11.1. The summed E-state index contributed by atoms with van der Waals surface area (Å²) in [6, 6.07) is 13.4. The van der Waals surface area contributed by atoms with Crippen LogP contribution in [0.2, 0.25) is 0 Å². The van der Waals surface area contributed by atoms with Crippen molar-refractivity contribution in [2.75, 3.05) is 5.32 Å². The van der Waals surface area contributed by atoms with Gasteiger partial charge in [-0.2, -0.15) is 0 Å². The number of hydrogen-bond acceptors (Lipinski definition) is 6. The number of halogens is 1. The topological polar surface area (TPSA) is 90.0 Å². The van der Waals surface area contributed by atoms with Crippen molar-refractivity contribution in [3.05, 3.63) is 72.8 Å². The second-order valence-electron chi connectivity index (χ2n) is 7.29. The number of carbonyl (C=O) groups is 2. The molecule has 4 rings (SSSR count). The van der Waals surface area contributed by atoms with E-state index < -0.39 is 11.1 Å². The van der Waals surface area contributed by atoms with E-state index in [1.165, 1.54) is 24.8 Å². The summed E-state index contributed by atoms with van der Waals surface area (Å²) in [5, 5.41) is 11.6. The van der Waals surface area contributed by atoms with Gasteiger partial charge in [-0.1, -0.05) is 42.1 Å². The van der Waals surface area contributed by atoms with Crippen LogP contribution in [0.4, 0.5) is 10.1 Å². The van der Waals surface area contributed by atoms with Gasteiger partial charge in [0.15, 0.2) is 22.5 Å². The number of benzene rings is 2. The van der Waals surface area contributed by atoms with Crippen LogP contribution < -0.4 is 5.32 Å². The lowest BCUT2D eigenvalue weighted by atomic mass is 10.2. The second kappa shape index (κ2) is 9.41. The summed E-state index contributed by atoms with van der Waals surface area (Å²) in [4.78, 5) is 25.1. The number of Topliss-reactive ketones (excluding diaryl/α,β-unsaturated/α-hetero) is 1. The summed E-state index contributed by atoms with van der Waals surface area (Å²) in [5.74, 6) is -0.598. The van der Waals surface area contributed by atoms with Gasteiger partial charge in [-0.25, -0.2) is 4.39 Å². The van der Waals surface area contributed by atoms with Crippen molar-refractivity contribution < 1.29 is 18.4 Å². The Hall–Kier alpha value is -3.72. The molecule has 2 aromatic heterocycles. The fourth-order valence-electron chi connectivity index (χ4n) is 3.37. The molecule has 1 unspecified atom stereocenters. The lowest BCUT2D eigenvalue weighted by molar-refractivity contribution is -0.115. The van der Waals surface area contributed by atoms with E-state index in [-0.39, 0.29) is 17.5 Å². The van der Waals surface area contributed by atoms with Crippen LogP contribution >= 0.6 is 11.8 Å². The van der Waals surface area contributed by atoms with Crippen LogP contribution in [0.15, 0.2) is 70.8 Å². The number of aromatic nitrogens is 3. The van der Waals surface area contributed by atoms with Gasteiger partial charge in [-0.15, -0.1) is 16.8 Å². The SMILES string of the molecule is C=CCn1c(SC(C)C(=O)Nc2c(C(C)=O)oc3ccccc23)nnc1-c1ccccc1F. The van der Waals surface area contributed by atoms with E-state index in [2.05, 4.69) is 22.1 Å². The van der Waals surface area contributed by atoms with E-state index in [1.54, 1.807) is 60.0 Å². The molecule has 2 aromatic carbocycles. The maximum Gasteiger partial charge on any atom is 0.237 e. The highest BCUT2D eigenvalue weighted by atomic mass is 32.2. The highest BCUT2D eigenvalue weighted by molar-refractivity contribution is 8.00. The van der Waals surface area contributed by atoms with Crippen molar-refractivity contribution >= 4 is 40.1 Å². The third-order valence-corrected chi connectivity index (χ3v) is 6.04. The first-order valence-electron chi connectivity index (χ1n) is 10.2. The van der Waals surface area contributed by atoms with Crippen molar-refractivity contribution in [2.24, 2.45) is 0 Å². The normalized spacial score (nSPS) is 12.0. The highest BCUT2D eigenvalue weighted by Gasteiger charge is 2.25. The number of thioether (sulfide) groups is 1. The lowest BCUT2D eigenvalue weighted by Gasteiger charge is -2.13. The molecule has 0 spiro atoms. The van der Waals surface area contributed by atoms with E-state index in [1.807, 2.05) is 0 Å². The first-order chi connectivity index (χ1) is 15.9. The number of rotatable bonds is 8. The molecular formula is C24H21FN4O3S. The Morgan fingerprint density at radius 3 is 2.67 bits per heavy atom. The smallest absolute Gasteiger partial charge is 0.237 e. The van der Waals surface area contributed by atoms with Crippen LogP contribution in [0.5, 0.6) is 0 Å². The molecular weight excluding hydrogens is 443 g/mol. The molecule has 0 fully saturated rings. The molecule has 1 N–H and O–H groups in total. The van der Waals surface area contributed by atoms with E-state index in [4.69, 9.17) is 4.42 Å². The molecule has 0 aliphatic carbocycles. The number of amides is 1. The van der Waals surface area contributed by atoms with Gasteiger partial charge in [-0.05, 0) is 31.2 Å². The van der Waals surface area contributed by atoms with Gasteiger partial charge >= 0.3 is 0 Å². The Bertz CT molecular complexity index is 1360. The molecule has 2 heterocycles. The Morgan fingerprint density at radius 2 is 1.94 bits per heavy atom. The van der Waals surface area contributed by atoms with Crippen LogP contribution in [0, 0.1) is 5.82 Å². The van der Waals surface area contributed by atoms with E-state index in [9.17, 15) is 14.0 Å². The fourth-order valence-corrected chi connectivity index (χ4v) is 4.22. The molecule has 7 nitrogen and oxygen atoms in total. The number of nitrogens with zero attached hydrogens (tertiary/aromatic N) is 3. The van der Waals surface area contributed by atoms with Crippen molar-refractivity contribution in [3.8, 4) is 11.4 Å². The Labute approximate surface area is 193 Å². The molecule has 0 aliphatic rings. The van der Waals surface area contributed by atoms with Crippen molar-refractivity contribution in [2.45, 2.75) is 30.8 Å². The van der Waals surface area contributed by atoms with Gasteiger partial charge < -0.3 is 9.73 Å². The first kappa shape index (κ1) is 22.5. The monoisotopic (exact) mass is 464 g/mol. The number of hydrogen-bond donors (Lipinski definition) is 1. The van der Waals surface area contributed by atoms with Gasteiger partial charge in [0.25, 0.3) is 0 Å². The van der Waals surface area contributed by atoms with Crippen LogP contribution in [0.25, 0.3) is 22.4 Å². The predicted octanol–water partition coefficient (Wildman–Crippen LogP) is 5.34. The molecule has 168 valence electrons. The van der Waals surface area contributed by atoms with Gasteiger partial charge in [-0.3, -0.25) is 14.2 Å². The van der Waals surface area contributed by atoms with Gasteiger partial charge in [0.2, 0.25) is 5.91 Å².